The van der Waals surface area contributed by atoms with Gasteiger partial charge in [-0.3, -0.25) is 0 Å². The molecule has 0 saturated heterocycles. The maximum absolute atomic E-state index is 13.2. The van der Waals surface area contributed by atoms with E-state index < -0.39 is 0 Å². The third kappa shape index (κ3) is 3.53. The average molecular weight is 224 g/mol. The van der Waals surface area contributed by atoms with E-state index in [1.165, 1.54) is 6.07 Å². The summed E-state index contributed by atoms with van der Waals surface area (Å²) in [4.78, 5) is 11.4. The second-order valence-corrected chi connectivity index (χ2v) is 3.65. The number of hydrogen-bond acceptors (Lipinski definition) is 1. The lowest BCUT2D eigenvalue weighted by atomic mass is 10.2. The molecule has 2 N–H and O–H groups in total. The van der Waals surface area contributed by atoms with Crippen molar-refractivity contribution in [1.29, 1.82) is 0 Å². The van der Waals surface area contributed by atoms with Crippen molar-refractivity contribution in [1.82, 2.24) is 5.32 Å². The highest BCUT2D eigenvalue weighted by molar-refractivity contribution is 5.89. The minimum atomic E-state index is -0.314. The Morgan fingerprint density at radius 2 is 2.19 bits per heavy atom. The van der Waals surface area contributed by atoms with E-state index in [1.807, 2.05) is 0 Å². The van der Waals surface area contributed by atoms with E-state index >= 15 is 0 Å². The van der Waals surface area contributed by atoms with Gasteiger partial charge in [-0.15, -0.1) is 0 Å². The van der Waals surface area contributed by atoms with E-state index in [2.05, 4.69) is 17.6 Å². The normalized spacial score (nSPS) is 9.94. The molecular weight excluding hydrogens is 207 g/mol. The molecule has 0 heterocycles. The number of hydrogen-bond donors (Lipinski definition) is 2. The summed E-state index contributed by atoms with van der Waals surface area (Å²) in [5, 5.41) is 5.33. The Morgan fingerprint density at radius 1 is 1.44 bits per heavy atom. The van der Waals surface area contributed by atoms with E-state index in [1.54, 1.807) is 19.1 Å². The van der Waals surface area contributed by atoms with Gasteiger partial charge >= 0.3 is 6.03 Å². The van der Waals surface area contributed by atoms with Crippen molar-refractivity contribution < 1.29 is 9.18 Å². The molecule has 0 saturated carbocycles. The van der Waals surface area contributed by atoms with Gasteiger partial charge in [0.2, 0.25) is 0 Å². The molecule has 0 unspecified atom stereocenters. The molecule has 0 fully saturated rings. The Labute approximate surface area is 95.0 Å². The van der Waals surface area contributed by atoms with E-state index in [4.69, 9.17) is 0 Å². The zero-order valence-electron chi connectivity index (χ0n) is 9.64. The van der Waals surface area contributed by atoms with E-state index in [0.717, 1.165) is 12.8 Å². The minimum Gasteiger partial charge on any atom is -0.338 e. The number of benzene rings is 1. The van der Waals surface area contributed by atoms with Gasteiger partial charge in [0, 0.05) is 17.8 Å². The smallest absolute Gasteiger partial charge is 0.319 e. The lowest BCUT2D eigenvalue weighted by molar-refractivity contribution is 0.252. The van der Waals surface area contributed by atoms with Crippen molar-refractivity contribution in [3.63, 3.8) is 0 Å². The van der Waals surface area contributed by atoms with Crippen LogP contribution >= 0.6 is 0 Å². The van der Waals surface area contributed by atoms with E-state index in [9.17, 15) is 9.18 Å². The Hall–Kier alpha value is -1.58. The van der Waals surface area contributed by atoms with Crippen LogP contribution in [0.1, 0.15) is 25.3 Å². The number of halogens is 1. The van der Waals surface area contributed by atoms with Crippen LogP contribution in [0.5, 0.6) is 0 Å². The monoisotopic (exact) mass is 224 g/mol. The molecule has 16 heavy (non-hydrogen) atoms. The molecule has 0 spiro atoms. The molecule has 0 aliphatic rings. The first-order valence-electron chi connectivity index (χ1n) is 5.45. The molecule has 3 nitrogen and oxygen atoms in total. The minimum absolute atomic E-state index is 0.290. The molecular formula is C12H17FN2O. The standard InChI is InChI=1S/C12H17FN2O/c1-3-4-8-14-12(16)15-11-7-5-6-10(13)9(11)2/h5-7H,3-4,8H2,1-2H3,(H2,14,15,16). The number of carbonyl (C=O) groups is 1. The van der Waals surface area contributed by atoms with Crippen LogP contribution in [0.4, 0.5) is 14.9 Å². The third-order valence-electron chi connectivity index (χ3n) is 2.33. The summed E-state index contributed by atoms with van der Waals surface area (Å²) in [7, 11) is 0. The van der Waals surface area contributed by atoms with Gasteiger partial charge in [0.25, 0.3) is 0 Å². The number of unbranched alkanes of at least 4 members (excludes halogenated alkanes) is 1. The first kappa shape index (κ1) is 12.5. The van der Waals surface area contributed by atoms with E-state index in [-0.39, 0.29) is 11.8 Å². The van der Waals surface area contributed by atoms with Gasteiger partial charge in [0.05, 0.1) is 0 Å². The number of nitrogens with one attached hydrogen (secondary N) is 2. The molecule has 1 rings (SSSR count). The number of carbonyl (C=O) groups excluding carboxylic acids is 1. The second kappa shape index (κ2) is 6.10. The van der Waals surface area contributed by atoms with E-state index in [0.29, 0.717) is 17.8 Å². The Kier molecular flexibility index (Phi) is 4.76. The number of rotatable bonds is 4. The summed E-state index contributed by atoms with van der Waals surface area (Å²) in [6.07, 6.45) is 1.97. The Bertz CT molecular complexity index is 366. The summed E-state index contributed by atoms with van der Waals surface area (Å²) in [5.74, 6) is -0.314. The highest BCUT2D eigenvalue weighted by Crippen LogP contribution is 2.16. The van der Waals surface area contributed by atoms with Gasteiger partial charge in [-0.1, -0.05) is 19.4 Å². The molecule has 1 aromatic carbocycles. The summed E-state index contributed by atoms with van der Waals surface area (Å²) < 4.78 is 13.2. The van der Waals surface area contributed by atoms with Crippen molar-refractivity contribution in [2.45, 2.75) is 26.7 Å². The molecule has 2 amide bonds. The van der Waals surface area contributed by atoms with Crippen LogP contribution in [0.25, 0.3) is 0 Å². The van der Waals surface area contributed by atoms with Gasteiger partial charge < -0.3 is 10.6 Å². The predicted molar refractivity (Wildman–Crippen MR) is 63.1 cm³/mol. The highest BCUT2D eigenvalue weighted by Gasteiger charge is 2.06. The molecule has 0 aliphatic heterocycles. The van der Waals surface area contributed by atoms with Gasteiger partial charge in [-0.2, -0.15) is 0 Å². The topological polar surface area (TPSA) is 41.1 Å². The fourth-order valence-electron chi connectivity index (χ4n) is 1.29. The van der Waals surface area contributed by atoms with Crippen molar-refractivity contribution in [3.05, 3.63) is 29.6 Å². The molecule has 0 radical (unpaired) electrons. The van der Waals surface area contributed by atoms with Gasteiger partial charge in [-0.05, 0) is 25.5 Å². The number of anilines is 1. The van der Waals surface area contributed by atoms with Crippen LogP contribution < -0.4 is 10.6 Å². The van der Waals surface area contributed by atoms with Gasteiger partial charge in [0.15, 0.2) is 0 Å². The molecule has 4 heteroatoms. The number of amides is 2. The van der Waals surface area contributed by atoms with Crippen LogP contribution in [0.3, 0.4) is 0 Å². The van der Waals surface area contributed by atoms with Crippen LogP contribution in [0.2, 0.25) is 0 Å². The molecule has 0 aromatic heterocycles. The third-order valence-corrected chi connectivity index (χ3v) is 2.33. The summed E-state index contributed by atoms with van der Waals surface area (Å²) >= 11 is 0. The maximum Gasteiger partial charge on any atom is 0.319 e. The summed E-state index contributed by atoms with van der Waals surface area (Å²) in [6, 6.07) is 4.33. The first-order valence-corrected chi connectivity index (χ1v) is 5.45. The second-order valence-electron chi connectivity index (χ2n) is 3.65. The van der Waals surface area contributed by atoms with Crippen LogP contribution in [0.15, 0.2) is 18.2 Å². The van der Waals surface area contributed by atoms with Crippen molar-refractivity contribution in [3.8, 4) is 0 Å². The van der Waals surface area contributed by atoms with Gasteiger partial charge in [0.1, 0.15) is 5.82 Å². The quantitative estimate of drug-likeness (QED) is 0.758. The first-order chi connectivity index (χ1) is 7.65. The molecule has 88 valence electrons. The molecule has 1 aromatic rings. The zero-order valence-corrected chi connectivity index (χ0v) is 9.64. The largest absolute Gasteiger partial charge is 0.338 e. The zero-order chi connectivity index (χ0) is 12.0. The summed E-state index contributed by atoms with van der Waals surface area (Å²) in [6.45, 7) is 4.32. The van der Waals surface area contributed by atoms with Crippen LogP contribution in [0, 0.1) is 12.7 Å². The average Bonchev–Trinajstić information content (AvgIpc) is 2.25. The fourth-order valence-corrected chi connectivity index (χ4v) is 1.29. The van der Waals surface area contributed by atoms with Crippen LogP contribution in [-0.4, -0.2) is 12.6 Å². The lowest BCUT2D eigenvalue weighted by Crippen LogP contribution is -2.29. The molecule has 0 aliphatic carbocycles. The maximum atomic E-state index is 13.2. The van der Waals surface area contributed by atoms with Crippen molar-refractivity contribution in [2.24, 2.45) is 0 Å². The SMILES string of the molecule is CCCCNC(=O)Nc1cccc(F)c1C. The summed E-state index contributed by atoms with van der Waals surface area (Å²) in [5.41, 5.74) is 0.960. The highest BCUT2D eigenvalue weighted by atomic mass is 19.1. The Balaban J connectivity index is 2.53. The number of urea groups is 1. The predicted octanol–water partition coefficient (Wildman–Crippen LogP) is 3.06. The Morgan fingerprint density at radius 3 is 2.88 bits per heavy atom. The van der Waals surface area contributed by atoms with Crippen molar-refractivity contribution >= 4 is 11.7 Å². The molecule has 0 atom stereocenters. The fraction of sp³-hybridized carbons (Fsp3) is 0.417. The van der Waals surface area contributed by atoms with Crippen molar-refractivity contribution in [2.75, 3.05) is 11.9 Å². The molecule has 0 bridgehead atoms. The van der Waals surface area contributed by atoms with Crippen LogP contribution in [-0.2, 0) is 0 Å². The van der Waals surface area contributed by atoms with Gasteiger partial charge in [-0.25, -0.2) is 9.18 Å². The lowest BCUT2D eigenvalue weighted by Gasteiger charge is -2.09.